The summed E-state index contributed by atoms with van der Waals surface area (Å²) in [7, 11) is 0. The van der Waals surface area contributed by atoms with E-state index < -0.39 is 0 Å². The first-order chi connectivity index (χ1) is 8.45. The van der Waals surface area contributed by atoms with Crippen molar-refractivity contribution < 1.29 is 0 Å². The lowest BCUT2D eigenvalue weighted by atomic mass is 9.96. The van der Waals surface area contributed by atoms with Crippen LogP contribution in [0.3, 0.4) is 0 Å². The van der Waals surface area contributed by atoms with Crippen LogP contribution < -0.4 is 4.90 Å². The van der Waals surface area contributed by atoms with Crippen LogP contribution in [0, 0.1) is 0 Å². The van der Waals surface area contributed by atoms with E-state index in [0.717, 1.165) is 23.8 Å². The zero-order valence-electron chi connectivity index (χ0n) is 11.2. The van der Waals surface area contributed by atoms with Crippen molar-refractivity contribution in [2.75, 3.05) is 4.90 Å². The van der Waals surface area contributed by atoms with Crippen LogP contribution in [0.4, 0.5) is 5.13 Å². The van der Waals surface area contributed by atoms with E-state index in [0.29, 0.717) is 17.5 Å². The highest BCUT2D eigenvalue weighted by molar-refractivity contribution is 7.09. The summed E-state index contributed by atoms with van der Waals surface area (Å²) in [5.41, 5.74) is 0.0403. The molecule has 100 valence electrons. The number of aromatic nitrogens is 2. The van der Waals surface area contributed by atoms with Crippen LogP contribution in [0.25, 0.3) is 0 Å². The van der Waals surface area contributed by atoms with Crippen molar-refractivity contribution in [3.05, 3.63) is 5.82 Å². The number of hydrogen-bond acceptors (Lipinski definition) is 4. The van der Waals surface area contributed by atoms with Gasteiger partial charge >= 0.3 is 0 Å². The topological polar surface area (TPSA) is 29.0 Å². The minimum absolute atomic E-state index is 0.0403. The van der Waals surface area contributed by atoms with E-state index in [9.17, 15) is 0 Å². The molecule has 0 aliphatic carbocycles. The van der Waals surface area contributed by atoms with Crippen LogP contribution in [0.1, 0.15) is 52.3 Å². The number of halogens is 1. The summed E-state index contributed by atoms with van der Waals surface area (Å²) in [5.74, 6) is 0.967. The summed E-state index contributed by atoms with van der Waals surface area (Å²) in [6.45, 7) is 6.50. The van der Waals surface area contributed by atoms with Crippen molar-refractivity contribution in [3.8, 4) is 0 Å². The Labute approximate surface area is 118 Å². The third-order valence-corrected chi connectivity index (χ3v) is 5.07. The Morgan fingerprint density at radius 3 is 2.33 bits per heavy atom. The van der Waals surface area contributed by atoms with Crippen LogP contribution in [0.2, 0.25) is 0 Å². The van der Waals surface area contributed by atoms with Crippen molar-refractivity contribution in [1.82, 2.24) is 9.36 Å². The van der Waals surface area contributed by atoms with Gasteiger partial charge in [-0.3, -0.25) is 0 Å². The van der Waals surface area contributed by atoms with E-state index in [1.165, 1.54) is 12.8 Å². The molecule has 3 heterocycles. The molecule has 0 saturated carbocycles. The van der Waals surface area contributed by atoms with Gasteiger partial charge in [0.05, 0.1) is 0 Å². The number of rotatable bonds is 1. The number of nitrogens with zero attached hydrogens (tertiary/aromatic N) is 3. The van der Waals surface area contributed by atoms with Gasteiger partial charge < -0.3 is 4.90 Å². The molecule has 5 heteroatoms. The molecule has 2 bridgehead atoms. The fourth-order valence-electron chi connectivity index (χ4n) is 3.05. The highest BCUT2D eigenvalue weighted by atomic mass is 35.5. The second-order valence-electron chi connectivity index (χ2n) is 6.51. The second kappa shape index (κ2) is 4.34. The maximum atomic E-state index is 6.32. The molecular formula is C13H20ClN3S. The molecule has 0 radical (unpaired) electrons. The van der Waals surface area contributed by atoms with E-state index in [4.69, 9.17) is 16.6 Å². The Hall–Kier alpha value is -0.350. The van der Waals surface area contributed by atoms with Gasteiger partial charge in [-0.25, -0.2) is 4.98 Å². The van der Waals surface area contributed by atoms with Crippen molar-refractivity contribution in [2.45, 2.75) is 69.3 Å². The molecular weight excluding hydrogens is 266 g/mol. The lowest BCUT2D eigenvalue weighted by Gasteiger charge is -2.36. The van der Waals surface area contributed by atoms with Crippen LogP contribution in [0.15, 0.2) is 0 Å². The van der Waals surface area contributed by atoms with Crippen molar-refractivity contribution in [1.29, 1.82) is 0 Å². The molecule has 0 amide bonds. The molecule has 2 aliphatic rings. The van der Waals surface area contributed by atoms with Crippen molar-refractivity contribution in [3.63, 3.8) is 0 Å². The molecule has 3 rings (SSSR count). The third kappa shape index (κ3) is 2.14. The fourth-order valence-corrected chi connectivity index (χ4v) is 4.46. The normalized spacial score (nSPS) is 32.0. The number of alkyl halides is 1. The van der Waals surface area contributed by atoms with Gasteiger partial charge in [0.1, 0.15) is 5.82 Å². The zero-order chi connectivity index (χ0) is 12.9. The predicted molar refractivity (Wildman–Crippen MR) is 76.8 cm³/mol. The van der Waals surface area contributed by atoms with Gasteiger partial charge in [-0.15, -0.1) is 11.6 Å². The minimum Gasteiger partial charge on any atom is -0.341 e. The maximum Gasteiger partial charge on any atom is 0.205 e. The number of hydrogen-bond donors (Lipinski definition) is 0. The highest BCUT2D eigenvalue weighted by Crippen LogP contribution is 2.41. The number of piperidine rings is 1. The Morgan fingerprint density at radius 1 is 1.22 bits per heavy atom. The number of fused-ring (bicyclic) bond motifs is 2. The summed E-state index contributed by atoms with van der Waals surface area (Å²) < 4.78 is 4.53. The average Bonchev–Trinajstić information content (AvgIpc) is 2.81. The van der Waals surface area contributed by atoms with Crippen LogP contribution in [-0.4, -0.2) is 26.8 Å². The lowest BCUT2D eigenvalue weighted by molar-refractivity contribution is 0.471. The van der Waals surface area contributed by atoms with E-state index >= 15 is 0 Å². The Kier molecular flexibility index (Phi) is 3.06. The van der Waals surface area contributed by atoms with Gasteiger partial charge in [0, 0.05) is 34.4 Å². The molecule has 2 atom stereocenters. The third-order valence-electron chi connectivity index (χ3n) is 3.98. The summed E-state index contributed by atoms with van der Waals surface area (Å²) >= 11 is 7.87. The van der Waals surface area contributed by atoms with E-state index in [1.54, 1.807) is 11.5 Å². The number of anilines is 1. The van der Waals surface area contributed by atoms with Crippen LogP contribution in [0.5, 0.6) is 0 Å². The van der Waals surface area contributed by atoms with Gasteiger partial charge in [0.15, 0.2) is 0 Å². The quantitative estimate of drug-likeness (QED) is 0.739. The molecule has 2 saturated heterocycles. The minimum atomic E-state index is 0.0403. The average molecular weight is 286 g/mol. The molecule has 1 aromatic rings. The Morgan fingerprint density at radius 2 is 1.83 bits per heavy atom. The SMILES string of the molecule is CC(C)(C)c1nsc(N2C3CCC2CC(Cl)C3)n1. The molecule has 3 nitrogen and oxygen atoms in total. The maximum absolute atomic E-state index is 6.32. The van der Waals surface area contributed by atoms with Gasteiger partial charge in [0.25, 0.3) is 0 Å². The summed E-state index contributed by atoms with van der Waals surface area (Å²) in [4.78, 5) is 7.25. The van der Waals surface area contributed by atoms with Crippen LogP contribution in [-0.2, 0) is 5.41 Å². The van der Waals surface area contributed by atoms with Gasteiger partial charge in [-0.05, 0) is 25.7 Å². The molecule has 0 N–H and O–H groups in total. The van der Waals surface area contributed by atoms with Crippen LogP contribution >= 0.6 is 23.1 Å². The largest absolute Gasteiger partial charge is 0.341 e. The van der Waals surface area contributed by atoms with Gasteiger partial charge in [-0.1, -0.05) is 20.8 Å². The summed E-state index contributed by atoms with van der Waals surface area (Å²) in [5, 5.41) is 1.46. The predicted octanol–water partition coefficient (Wildman–Crippen LogP) is 3.57. The molecule has 18 heavy (non-hydrogen) atoms. The monoisotopic (exact) mass is 285 g/mol. The zero-order valence-corrected chi connectivity index (χ0v) is 12.8. The van der Waals surface area contributed by atoms with Gasteiger partial charge in [0.2, 0.25) is 5.13 Å². The highest BCUT2D eigenvalue weighted by Gasteiger charge is 2.41. The van der Waals surface area contributed by atoms with Gasteiger partial charge in [-0.2, -0.15) is 4.37 Å². The first-order valence-electron chi connectivity index (χ1n) is 6.72. The van der Waals surface area contributed by atoms with E-state index in [-0.39, 0.29) is 5.41 Å². The fraction of sp³-hybridized carbons (Fsp3) is 0.846. The molecule has 2 fully saturated rings. The first-order valence-corrected chi connectivity index (χ1v) is 7.93. The molecule has 0 spiro atoms. The summed E-state index contributed by atoms with van der Waals surface area (Å²) in [6.07, 6.45) is 4.72. The molecule has 0 aromatic carbocycles. The van der Waals surface area contributed by atoms with E-state index in [2.05, 4.69) is 30.0 Å². The summed E-state index contributed by atoms with van der Waals surface area (Å²) in [6, 6.07) is 1.18. The van der Waals surface area contributed by atoms with Crippen molar-refractivity contribution >= 4 is 28.3 Å². The molecule has 2 aliphatic heterocycles. The Bertz CT molecular complexity index is 426. The standard InChI is InChI=1S/C13H20ClN3S/c1-13(2,3)11-15-12(18-16-11)17-9-4-5-10(17)7-8(14)6-9/h8-10H,4-7H2,1-3H3. The van der Waals surface area contributed by atoms with Crippen molar-refractivity contribution in [2.24, 2.45) is 0 Å². The smallest absolute Gasteiger partial charge is 0.205 e. The Balaban J connectivity index is 1.86. The first kappa shape index (κ1) is 12.7. The molecule has 1 aromatic heterocycles. The van der Waals surface area contributed by atoms with E-state index in [1.807, 2.05) is 0 Å². The second-order valence-corrected chi connectivity index (χ2v) is 7.86. The molecule has 2 unspecified atom stereocenters. The lowest BCUT2D eigenvalue weighted by Crippen LogP contribution is -2.43.